The Morgan fingerprint density at radius 2 is 1.20 bits per heavy atom. The molecule has 0 radical (unpaired) electrons. The maximum absolute atomic E-state index is 12.5. The van der Waals surface area contributed by atoms with Crippen molar-refractivity contribution >= 4 is 21.4 Å². The van der Waals surface area contributed by atoms with Crippen molar-refractivity contribution in [3.8, 4) is 0 Å². The summed E-state index contributed by atoms with van der Waals surface area (Å²) in [6.07, 6.45) is 0. The summed E-state index contributed by atoms with van der Waals surface area (Å²) < 4.78 is 27.7. The monoisotopic (exact) mass is 360 g/mol. The van der Waals surface area contributed by atoms with Crippen molar-refractivity contribution in [2.24, 2.45) is 0 Å². The first kappa shape index (κ1) is 19.3. The minimum atomic E-state index is -3.59. The van der Waals surface area contributed by atoms with Crippen LogP contribution in [0.3, 0.4) is 0 Å². The van der Waals surface area contributed by atoms with Gasteiger partial charge < -0.3 is 5.32 Å². The predicted molar refractivity (Wildman–Crippen MR) is 106 cm³/mol. The molecule has 5 heteroatoms. The van der Waals surface area contributed by atoms with Crippen molar-refractivity contribution in [2.75, 3.05) is 10.0 Å². The van der Waals surface area contributed by atoms with Gasteiger partial charge in [0, 0.05) is 16.9 Å². The van der Waals surface area contributed by atoms with Crippen LogP contribution in [0.2, 0.25) is 0 Å². The molecule has 0 saturated heterocycles. The van der Waals surface area contributed by atoms with Crippen LogP contribution in [-0.2, 0) is 15.4 Å². The molecule has 25 heavy (non-hydrogen) atoms. The van der Waals surface area contributed by atoms with E-state index in [0.717, 1.165) is 11.3 Å². The maximum Gasteiger partial charge on any atom is 0.261 e. The molecule has 0 heterocycles. The summed E-state index contributed by atoms with van der Waals surface area (Å²) in [6.45, 7) is 12.5. The Bertz CT molecular complexity index is 810. The van der Waals surface area contributed by atoms with Gasteiger partial charge in [0.15, 0.2) is 0 Å². The van der Waals surface area contributed by atoms with Crippen LogP contribution in [0.5, 0.6) is 0 Å². The SMILES string of the molecule is CC(C)(C)Nc1ccc(NS(=O)(=O)c2ccc(C(C)(C)C)cc2)cc1. The molecule has 0 unspecified atom stereocenters. The lowest BCUT2D eigenvalue weighted by Gasteiger charge is -2.22. The molecule has 0 saturated carbocycles. The normalized spacial score (nSPS) is 12.7. The lowest BCUT2D eigenvalue weighted by atomic mass is 9.87. The fourth-order valence-electron chi connectivity index (χ4n) is 2.40. The molecule has 0 spiro atoms. The molecule has 0 aliphatic rings. The molecule has 4 nitrogen and oxygen atoms in total. The quantitative estimate of drug-likeness (QED) is 0.807. The fourth-order valence-corrected chi connectivity index (χ4v) is 3.46. The predicted octanol–water partition coefficient (Wildman–Crippen LogP) is 5.00. The summed E-state index contributed by atoms with van der Waals surface area (Å²) in [5, 5.41) is 3.35. The minimum absolute atomic E-state index is 0.00833. The minimum Gasteiger partial charge on any atom is -0.380 e. The summed E-state index contributed by atoms with van der Waals surface area (Å²) in [6, 6.07) is 14.3. The second kappa shape index (κ2) is 6.71. The third kappa shape index (κ3) is 5.49. The van der Waals surface area contributed by atoms with E-state index < -0.39 is 10.0 Å². The summed E-state index contributed by atoms with van der Waals surface area (Å²) in [7, 11) is -3.59. The van der Waals surface area contributed by atoms with E-state index in [1.165, 1.54) is 0 Å². The first-order valence-electron chi connectivity index (χ1n) is 8.38. The van der Waals surface area contributed by atoms with E-state index in [0.29, 0.717) is 5.69 Å². The molecule has 0 fully saturated rings. The van der Waals surface area contributed by atoms with Crippen LogP contribution >= 0.6 is 0 Å². The summed E-state index contributed by atoms with van der Waals surface area (Å²) >= 11 is 0. The molecule has 0 aliphatic heterocycles. The van der Waals surface area contributed by atoms with Crippen molar-refractivity contribution in [3.63, 3.8) is 0 Å². The number of hydrogen-bond donors (Lipinski definition) is 2. The number of sulfonamides is 1. The van der Waals surface area contributed by atoms with Crippen molar-refractivity contribution in [3.05, 3.63) is 54.1 Å². The number of rotatable bonds is 4. The average Bonchev–Trinajstić information content (AvgIpc) is 2.47. The van der Waals surface area contributed by atoms with Crippen molar-refractivity contribution in [1.29, 1.82) is 0 Å². The zero-order chi connectivity index (χ0) is 18.9. The van der Waals surface area contributed by atoms with E-state index in [9.17, 15) is 8.42 Å². The average molecular weight is 361 g/mol. The van der Waals surface area contributed by atoms with Gasteiger partial charge in [0.1, 0.15) is 0 Å². The van der Waals surface area contributed by atoms with Crippen LogP contribution in [0.25, 0.3) is 0 Å². The summed E-state index contributed by atoms with van der Waals surface area (Å²) in [4.78, 5) is 0.261. The lowest BCUT2D eigenvalue weighted by molar-refractivity contribution is 0.587. The van der Waals surface area contributed by atoms with Crippen LogP contribution in [0.4, 0.5) is 11.4 Å². The molecule has 136 valence electrons. The molecule has 2 aromatic carbocycles. The Labute approximate surface area is 151 Å². The van der Waals surface area contributed by atoms with Crippen molar-refractivity contribution in [1.82, 2.24) is 0 Å². The number of hydrogen-bond acceptors (Lipinski definition) is 3. The Hall–Kier alpha value is -2.01. The first-order valence-corrected chi connectivity index (χ1v) is 9.87. The van der Waals surface area contributed by atoms with Crippen LogP contribution in [0.15, 0.2) is 53.4 Å². The Morgan fingerprint density at radius 3 is 1.64 bits per heavy atom. The van der Waals surface area contributed by atoms with E-state index in [4.69, 9.17) is 0 Å². The zero-order valence-electron chi connectivity index (χ0n) is 15.8. The largest absolute Gasteiger partial charge is 0.380 e. The molecular formula is C20H28N2O2S. The van der Waals surface area contributed by atoms with E-state index in [1.54, 1.807) is 24.3 Å². The fraction of sp³-hybridized carbons (Fsp3) is 0.400. The highest BCUT2D eigenvalue weighted by Gasteiger charge is 2.18. The van der Waals surface area contributed by atoms with Gasteiger partial charge in [-0.05, 0) is 68.1 Å². The topological polar surface area (TPSA) is 58.2 Å². The molecule has 0 bridgehead atoms. The maximum atomic E-state index is 12.5. The Kier molecular flexibility index (Phi) is 5.19. The van der Waals surface area contributed by atoms with Gasteiger partial charge in [-0.3, -0.25) is 4.72 Å². The van der Waals surface area contributed by atoms with Gasteiger partial charge in [-0.25, -0.2) is 8.42 Å². The number of benzene rings is 2. The van der Waals surface area contributed by atoms with Crippen LogP contribution in [0.1, 0.15) is 47.1 Å². The standard InChI is InChI=1S/C20H28N2O2S/c1-19(2,3)15-7-13-18(14-8-15)25(23,24)22-17-11-9-16(10-12-17)21-20(4,5)6/h7-14,21-22H,1-6H3. The molecule has 0 aromatic heterocycles. The van der Waals surface area contributed by atoms with Gasteiger partial charge in [-0.15, -0.1) is 0 Å². The van der Waals surface area contributed by atoms with E-state index in [-0.39, 0.29) is 15.8 Å². The highest BCUT2D eigenvalue weighted by molar-refractivity contribution is 7.92. The van der Waals surface area contributed by atoms with Gasteiger partial charge in [0.25, 0.3) is 10.0 Å². The molecular weight excluding hydrogens is 332 g/mol. The van der Waals surface area contributed by atoms with E-state index in [1.807, 2.05) is 24.3 Å². The second-order valence-electron chi connectivity index (χ2n) is 8.33. The van der Waals surface area contributed by atoms with E-state index >= 15 is 0 Å². The zero-order valence-corrected chi connectivity index (χ0v) is 16.7. The molecule has 2 rings (SSSR count). The van der Waals surface area contributed by atoms with E-state index in [2.05, 4.69) is 51.6 Å². The smallest absolute Gasteiger partial charge is 0.261 e. The highest BCUT2D eigenvalue weighted by Crippen LogP contribution is 2.25. The van der Waals surface area contributed by atoms with Crippen LogP contribution in [0, 0.1) is 0 Å². The van der Waals surface area contributed by atoms with Gasteiger partial charge in [-0.1, -0.05) is 32.9 Å². The number of anilines is 2. The summed E-state index contributed by atoms with van der Waals surface area (Å²) in [5.41, 5.74) is 2.54. The van der Waals surface area contributed by atoms with Gasteiger partial charge in [-0.2, -0.15) is 0 Å². The molecule has 0 atom stereocenters. The third-order valence-corrected chi connectivity index (χ3v) is 5.08. The van der Waals surface area contributed by atoms with Gasteiger partial charge in [0.2, 0.25) is 0 Å². The van der Waals surface area contributed by atoms with Crippen LogP contribution < -0.4 is 10.0 Å². The molecule has 2 N–H and O–H groups in total. The van der Waals surface area contributed by atoms with Crippen molar-refractivity contribution < 1.29 is 8.42 Å². The molecule has 2 aromatic rings. The highest BCUT2D eigenvalue weighted by atomic mass is 32.2. The number of nitrogens with one attached hydrogen (secondary N) is 2. The first-order chi connectivity index (χ1) is 11.4. The van der Waals surface area contributed by atoms with Crippen LogP contribution in [-0.4, -0.2) is 14.0 Å². The second-order valence-corrected chi connectivity index (χ2v) is 10.0. The van der Waals surface area contributed by atoms with Crippen molar-refractivity contribution in [2.45, 2.75) is 57.4 Å². The van der Waals surface area contributed by atoms with Gasteiger partial charge >= 0.3 is 0 Å². The lowest BCUT2D eigenvalue weighted by Crippen LogP contribution is -2.25. The third-order valence-electron chi connectivity index (χ3n) is 3.69. The van der Waals surface area contributed by atoms with Gasteiger partial charge in [0.05, 0.1) is 4.90 Å². The molecule has 0 aliphatic carbocycles. The molecule has 0 amide bonds. The summed E-state index contributed by atoms with van der Waals surface area (Å²) in [5.74, 6) is 0. The Balaban J connectivity index is 2.16. The Morgan fingerprint density at radius 1 is 0.720 bits per heavy atom.